The first-order chi connectivity index (χ1) is 16.4. The highest BCUT2D eigenvalue weighted by molar-refractivity contribution is 9.10. The van der Waals surface area contributed by atoms with Crippen molar-refractivity contribution in [1.29, 1.82) is 0 Å². The lowest BCUT2D eigenvalue weighted by molar-refractivity contribution is -0.129. The largest absolute Gasteiger partial charge is 0.350 e. The van der Waals surface area contributed by atoms with E-state index >= 15 is 0 Å². The molecule has 3 aromatic rings. The van der Waals surface area contributed by atoms with Gasteiger partial charge in [-0.3, -0.25) is 9.59 Å². The molecule has 0 bridgehead atoms. The Morgan fingerprint density at radius 2 is 2.06 bits per heavy atom. The van der Waals surface area contributed by atoms with Crippen molar-refractivity contribution in [3.63, 3.8) is 0 Å². The minimum Gasteiger partial charge on any atom is -0.350 e. The van der Waals surface area contributed by atoms with Gasteiger partial charge in [0.2, 0.25) is 11.8 Å². The molecule has 0 unspecified atom stereocenters. The van der Waals surface area contributed by atoms with Crippen LogP contribution in [0.5, 0.6) is 0 Å². The minimum atomic E-state index is -0.663. The number of hydrogen-bond donors (Lipinski definition) is 3. The molecule has 2 heterocycles. The molecule has 1 saturated heterocycles. The number of hydrogen-bond acceptors (Lipinski definition) is 6. The molecular formula is C24H28BrN7O2. The number of tetrazole rings is 1. The molecule has 1 aliphatic rings. The number of aromatic nitrogens is 4. The summed E-state index contributed by atoms with van der Waals surface area (Å²) in [5.41, 5.74) is 3.80. The monoisotopic (exact) mass is 525 g/mol. The van der Waals surface area contributed by atoms with Crippen LogP contribution in [0.15, 0.2) is 53.3 Å². The van der Waals surface area contributed by atoms with Crippen molar-refractivity contribution in [3.05, 3.63) is 70.0 Å². The molecule has 0 aliphatic carbocycles. The van der Waals surface area contributed by atoms with E-state index in [1.807, 2.05) is 37.3 Å². The van der Waals surface area contributed by atoms with Gasteiger partial charge in [-0.05, 0) is 67.6 Å². The lowest BCUT2D eigenvalue weighted by atomic mass is 9.96. The third-order valence-electron chi connectivity index (χ3n) is 6.00. The van der Waals surface area contributed by atoms with Crippen LogP contribution in [-0.2, 0) is 22.6 Å². The zero-order valence-electron chi connectivity index (χ0n) is 19.2. The highest BCUT2D eigenvalue weighted by atomic mass is 79.9. The molecule has 3 atom stereocenters. The second kappa shape index (κ2) is 10.9. The molecule has 0 radical (unpaired) electrons. The normalized spacial score (nSPS) is 18.4. The third-order valence-corrected chi connectivity index (χ3v) is 6.46. The quantitative estimate of drug-likeness (QED) is 0.414. The summed E-state index contributed by atoms with van der Waals surface area (Å²) >= 11 is 3.50. The van der Waals surface area contributed by atoms with Crippen LogP contribution in [-0.4, -0.2) is 50.7 Å². The summed E-state index contributed by atoms with van der Waals surface area (Å²) in [6.45, 7) is 4.68. The van der Waals surface area contributed by atoms with E-state index < -0.39 is 6.04 Å². The number of nitrogens with one attached hydrogen (secondary N) is 3. The number of aryl methyl sites for hydroxylation is 1. The summed E-state index contributed by atoms with van der Waals surface area (Å²) in [4.78, 5) is 26.9. The second-order valence-corrected chi connectivity index (χ2v) is 9.57. The fourth-order valence-corrected chi connectivity index (χ4v) is 4.94. The molecule has 34 heavy (non-hydrogen) atoms. The summed E-state index contributed by atoms with van der Waals surface area (Å²) in [5, 5.41) is 20.9. The molecule has 9 nitrogen and oxygen atoms in total. The molecule has 178 valence electrons. The van der Waals surface area contributed by atoms with Gasteiger partial charge in [-0.15, -0.1) is 15.0 Å². The standard InChI is InChI=1S/C24H28BrN7O2/c1-15-8-20(25)11-19(22(15)32-29-14-28-31-32)13-27-23(33)16(2)30-24(34)21-10-18(12-26-21)9-17-6-4-3-5-7-17/h3-8,11,14,16,18,21,26H,9-10,12-13H2,1-2H3,(H,27,33)(H,30,34)/t16-,18-,21+/m0/s1. The number of carbonyl (C=O) groups excluding carboxylic acids is 2. The number of amides is 2. The van der Waals surface area contributed by atoms with Gasteiger partial charge < -0.3 is 16.0 Å². The Kier molecular flexibility index (Phi) is 7.69. The topological polar surface area (TPSA) is 114 Å². The van der Waals surface area contributed by atoms with Crippen LogP contribution in [0.25, 0.3) is 5.69 Å². The number of halogens is 1. The van der Waals surface area contributed by atoms with E-state index in [4.69, 9.17) is 0 Å². The highest BCUT2D eigenvalue weighted by Gasteiger charge is 2.30. The maximum atomic E-state index is 12.7. The van der Waals surface area contributed by atoms with E-state index in [9.17, 15) is 9.59 Å². The molecule has 1 aromatic heterocycles. The van der Waals surface area contributed by atoms with Crippen molar-refractivity contribution in [2.45, 2.75) is 45.3 Å². The number of nitrogens with zero attached hydrogens (tertiary/aromatic N) is 4. The average molecular weight is 526 g/mol. The summed E-state index contributed by atoms with van der Waals surface area (Å²) < 4.78 is 0.886. The Morgan fingerprint density at radius 3 is 2.79 bits per heavy atom. The molecule has 1 fully saturated rings. The average Bonchev–Trinajstić information content (AvgIpc) is 3.50. The fraction of sp³-hybridized carbons (Fsp3) is 0.375. The van der Waals surface area contributed by atoms with Gasteiger partial charge in [-0.25, -0.2) is 0 Å². The highest BCUT2D eigenvalue weighted by Crippen LogP contribution is 2.24. The van der Waals surface area contributed by atoms with Gasteiger partial charge in [0.15, 0.2) is 6.33 Å². The first kappa shape index (κ1) is 24.0. The van der Waals surface area contributed by atoms with Crippen molar-refractivity contribution in [3.8, 4) is 5.69 Å². The van der Waals surface area contributed by atoms with E-state index in [-0.39, 0.29) is 24.4 Å². The van der Waals surface area contributed by atoms with Crippen LogP contribution in [0.3, 0.4) is 0 Å². The van der Waals surface area contributed by atoms with E-state index in [1.165, 1.54) is 16.7 Å². The molecule has 10 heteroatoms. The van der Waals surface area contributed by atoms with Gasteiger partial charge >= 0.3 is 0 Å². The fourth-order valence-electron chi connectivity index (χ4n) is 4.32. The van der Waals surface area contributed by atoms with Crippen molar-refractivity contribution in [2.75, 3.05) is 6.54 Å². The van der Waals surface area contributed by atoms with Crippen LogP contribution in [0.4, 0.5) is 0 Å². The first-order valence-electron chi connectivity index (χ1n) is 11.3. The Morgan fingerprint density at radius 1 is 1.26 bits per heavy atom. The Labute approximate surface area is 206 Å². The first-order valence-corrected chi connectivity index (χ1v) is 12.1. The van der Waals surface area contributed by atoms with Crippen LogP contribution < -0.4 is 16.0 Å². The Bertz CT molecular complexity index is 1140. The maximum absolute atomic E-state index is 12.7. The van der Waals surface area contributed by atoms with Crippen LogP contribution in [0.2, 0.25) is 0 Å². The van der Waals surface area contributed by atoms with Gasteiger partial charge in [0.05, 0.1) is 11.7 Å². The van der Waals surface area contributed by atoms with Crippen LogP contribution >= 0.6 is 15.9 Å². The van der Waals surface area contributed by atoms with Gasteiger partial charge in [-0.1, -0.05) is 46.3 Å². The van der Waals surface area contributed by atoms with Gasteiger partial charge in [-0.2, -0.15) is 0 Å². The van der Waals surface area contributed by atoms with Gasteiger partial charge in [0, 0.05) is 16.6 Å². The Hall–Kier alpha value is -3.11. The number of benzene rings is 2. The minimum absolute atomic E-state index is 0.149. The summed E-state index contributed by atoms with van der Waals surface area (Å²) in [6.07, 6.45) is 3.05. The predicted molar refractivity (Wildman–Crippen MR) is 131 cm³/mol. The van der Waals surface area contributed by atoms with Crippen molar-refractivity contribution in [2.24, 2.45) is 5.92 Å². The molecule has 2 amide bonds. The smallest absolute Gasteiger partial charge is 0.242 e. The molecule has 3 N–H and O–H groups in total. The maximum Gasteiger partial charge on any atom is 0.242 e. The lowest BCUT2D eigenvalue weighted by Gasteiger charge is -2.18. The zero-order chi connectivity index (χ0) is 24.1. The number of carbonyl (C=O) groups is 2. The molecule has 0 spiro atoms. The van der Waals surface area contributed by atoms with Crippen molar-refractivity contribution in [1.82, 2.24) is 36.2 Å². The molecule has 1 aliphatic heterocycles. The molecular weight excluding hydrogens is 498 g/mol. The Balaban J connectivity index is 1.30. The van der Waals surface area contributed by atoms with Crippen LogP contribution in [0, 0.1) is 12.8 Å². The van der Waals surface area contributed by atoms with E-state index in [2.05, 4.69) is 59.4 Å². The van der Waals surface area contributed by atoms with Crippen LogP contribution in [0.1, 0.15) is 30.0 Å². The molecule has 0 saturated carbocycles. The molecule has 2 aromatic carbocycles. The summed E-state index contributed by atoms with van der Waals surface area (Å²) in [7, 11) is 0. The van der Waals surface area contributed by atoms with E-state index in [0.29, 0.717) is 5.92 Å². The summed E-state index contributed by atoms with van der Waals surface area (Å²) in [6, 6.07) is 13.2. The summed E-state index contributed by atoms with van der Waals surface area (Å²) in [5.74, 6) is -0.0165. The zero-order valence-corrected chi connectivity index (χ0v) is 20.7. The predicted octanol–water partition coefficient (Wildman–Crippen LogP) is 2.07. The van der Waals surface area contributed by atoms with Gasteiger partial charge in [0.1, 0.15) is 6.04 Å². The van der Waals surface area contributed by atoms with E-state index in [0.717, 1.165) is 40.7 Å². The number of rotatable bonds is 8. The lowest BCUT2D eigenvalue weighted by Crippen LogP contribution is -2.50. The van der Waals surface area contributed by atoms with Crippen molar-refractivity contribution >= 4 is 27.7 Å². The SMILES string of the molecule is Cc1cc(Br)cc(CNC(=O)[C@H](C)NC(=O)[C@H]2C[C@H](Cc3ccccc3)CN2)c1-n1ncnn1. The molecule has 4 rings (SSSR count). The van der Waals surface area contributed by atoms with E-state index in [1.54, 1.807) is 6.92 Å². The van der Waals surface area contributed by atoms with Crippen molar-refractivity contribution < 1.29 is 9.59 Å². The van der Waals surface area contributed by atoms with Gasteiger partial charge in [0.25, 0.3) is 0 Å². The third kappa shape index (κ3) is 5.87. The second-order valence-electron chi connectivity index (χ2n) is 8.66.